The van der Waals surface area contributed by atoms with E-state index in [4.69, 9.17) is 28.4 Å². The molecule has 15 nitrogen and oxygen atoms in total. The van der Waals surface area contributed by atoms with Crippen LogP contribution in [-0.2, 0) is 14.2 Å². The van der Waals surface area contributed by atoms with E-state index in [-0.39, 0.29) is 34.8 Å². The lowest BCUT2D eigenvalue weighted by Crippen LogP contribution is -2.62. The van der Waals surface area contributed by atoms with E-state index in [0.29, 0.717) is 16.9 Å². The highest BCUT2D eigenvalue weighted by atomic mass is 16.7. The maximum atomic E-state index is 13.2. The van der Waals surface area contributed by atoms with E-state index in [1.165, 1.54) is 14.0 Å². The largest absolute Gasteiger partial charge is 0.507 e. The molecule has 0 radical (unpaired) electrons. The topological polar surface area (TPSA) is 234 Å². The van der Waals surface area contributed by atoms with Crippen molar-refractivity contribution in [3.63, 3.8) is 0 Å². The Hall–Kier alpha value is -3.09. The van der Waals surface area contributed by atoms with Crippen molar-refractivity contribution in [1.29, 1.82) is 0 Å². The normalized spacial score (nSPS) is 35.0. The molecule has 3 aliphatic rings. The van der Waals surface area contributed by atoms with Crippen LogP contribution in [0.15, 0.2) is 24.3 Å². The van der Waals surface area contributed by atoms with E-state index >= 15 is 0 Å². The molecule has 0 spiro atoms. The lowest BCUT2D eigenvalue weighted by molar-refractivity contribution is -0.323. The van der Waals surface area contributed by atoms with Crippen LogP contribution in [0.2, 0.25) is 0 Å². The summed E-state index contributed by atoms with van der Waals surface area (Å²) in [6.45, 7) is 1.84. The lowest BCUT2D eigenvalue weighted by Gasteiger charge is -2.42. The van der Waals surface area contributed by atoms with Gasteiger partial charge in [0.1, 0.15) is 83.5 Å². The standard InChI is InChI=1S/C30H38O15/c1-11-20(33)19-15(32)8-16(13-4-6-14(40-3)7-5-13)42-28(19)12(2)27(11)45-30-26(39)24(37)22(35)18(44-30)10-41-29-25(38)23(36)21(34)17(9-31)43-29/h4-7,16-18,21-26,29-31,33-39H,8-10H2,1-3H3/t16-,17+,18+,21+,22+,23+,24+,25+,26+,29+,30-/m0/s1. The Labute approximate surface area is 257 Å². The van der Waals surface area contributed by atoms with Gasteiger partial charge in [-0.15, -0.1) is 0 Å². The Morgan fingerprint density at radius 1 is 0.822 bits per heavy atom. The van der Waals surface area contributed by atoms with Gasteiger partial charge in [0.05, 0.1) is 26.7 Å². The fourth-order valence-electron chi connectivity index (χ4n) is 5.68. The molecule has 2 saturated heterocycles. The van der Waals surface area contributed by atoms with Crippen molar-refractivity contribution in [2.45, 2.75) is 87.8 Å². The average Bonchev–Trinajstić information content (AvgIpc) is 3.04. The van der Waals surface area contributed by atoms with Gasteiger partial charge in [0.15, 0.2) is 12.1 Å². The molecule has 15 heteroatoms. The van der Waals surface area contributed by atoms with Gasteiger partial charge in [-0.25, -0.2) is 0 Å². The first-order valence-corrected chi connectivity index (χ1v) is 14.4. The Morgan fingerprint density at radius 3 is 2.04 bits per heavy atom. The maximum Gasteiger partial charge on any atom is 0.229 e. The third-order valence-corrected chi connectivity index (χ3v) is 8.41. The second kappa shape index (κ2) is 13.3. The minimum Gasteiger partial charge on any atom is -0.507 e. The lowest BCUT2D eigenvalue weighted by atomic mass is 9.91. The summed E-state index contributed by atoms with van der Waals surface area (Å²) in [5.41, 5.74) is 1.12. The first-order chi connectivity index (χ1) is 21.4. The van der Waals surface area contributed by atoms with E-state index in [0.717, 1.165) is 0 Å². The predicted molar refractivity (Wildman–Crippen MR) is 150 cm³/mol. The SMILES string of the molecule is COc1ccc([C@@H]2CC(=O)c3c(O)c(C)c(O[C@@H]4O[C@H](CO[C@@H]5O[C@H](CO)[C@@H](O)[C@@H](O)[C@H]5O)[C@@H](O)[C@@H](O)[C@H]4O)c(C)c3O2)cc1. The number of carbonyl (C=O) groups excluding carboxylic acids is 1. The number of rotatable bonds is 8. The van der Waals surface area contributed by atoms with Crippen LogP contribution in [0.4, 0.5) is 0 Å². The summed E-state index contributed by atoms with van der Waals surface area (Å²) in [6.07, 6.45) is -16.8. The second-order valence-corrected chi connectivity index (χ2v) is 11.3. The molecule has 2 aromatic carbocycles. The number of aliphatic hydroxyl groups is 7. The molecule has 45 heavy (non-hydrogen) atoms. The Morgan fingerprint density at radius 2 is 1.42 bits per heavy atom. The molecule has 0 amide bonds. The van der Waals surface area contributed by atoms with Crippen LogP contribution in [-0.4, -0.2) is 128 Å². The number of phenols is 1. The molecule has 8 N–H and O–H groups in total. The minimum absolute atomic E-state index is 0.00401. The monoisotopic (exact) mass is 638 g/mol. The van der Waals surface area contributed by atoms with Crippen LogP contribution in [0.25, 0.3) is 0 Å². The van der Waals surface area contributed by atoms with Crippen molar-refractivity contribution < 1.29 is 74.1 Å². The molecule has 0 unspecified atom stereocenters. The number of carbonyl (C=O) groups is 1. The molecule has 3 heterocycles. The fourth-order valence-corrected chi connectivity index (χ4v) is 5.68. The quantitative estimate of drug-likeness (QED) is 0.168. The summed E-state index contributed by atoms with van der Waals surface area (Å²) >= 11 is 0. The molecular weight excluding hydrogens is 600 g/mol. The molecule has 5 rings (SSSR count). The molecule has 0 aliphatic carbocycles. The van der Waals surface area contributed by atoms with Gasteiger partial charge in [-0.05, 0) is 31.5 Å². The molecular formula is C30H38O15. The summed E-state index contributed by atoms with van der Waals surface area (Å²) in [5, 5.41) is 82.6. The van der Waals surface area contributed by atoms with Crippen LogP contribution < -0.4 is 14.2 Å². The molecule has 2 fully saturated rings. The molecule has 0 saturated carbocycles. The van der Waals surface area contributed by atoms with Gasteiger partial charge in [0.25, 0.3) is 0 Å². The van der Waals surface area contributed by atoms with Crippen LogP contribution in [0, 0.1) is 13.8 Å². The van der Waals surface area contributed by atoms with Gasteiger partial charge >= 0.3 is 0 Å². The number of benzene rings is 2. The predicted octanol–water partition coefficient (Wildman–Crippen LogP) is -1.27. The van der Waals surface area contributed by atoms with Crippen LogP contribution in [0.1, 0.15) is 39.6 Å². The summed E-state index contributed by atoms with van der Waals surface area (Å²) in [4.78, 5) is 13.2. The molecule has 0 bridgehead atoms. The third kappa shape index (κ3) is 6.20. The zero-order chi connectivity index (χ0) is 32.7. The third-order valence-electron chi connectivity index (χ3n) is 8.41. The zero-order valence-corrected chi connectivity index (χ0v) is 24.7. The zero-order valence-electron chi connectivity index (χ0n) is 24.7. The van der Waals surface area contributed by atoms with Gasteiger partial charge < -0.3 is 69.3 Å². The second-order valence-electron chi connectivity index (χ2n) is 11.3. The van der Waals surface area contributed by atoms with Crippen molar-refractivity contribution in [2.75, 3.05) is 20.3 Å². The van der Waals surface area contributed by atoms with E-state index in [2.05, 4.69) is 0 Å². The van der Waals surface area contributed by atoms with Crippen molar-refractivity contribution in [2.24, 2.45) is 0 Å². The maximum absolute atomic E-state index is 13.2. The molecule has 0 aromatic heterocycles. The summed E-state index contributed by atoms with van der Waals surface area (Å²) in [5.74, 6) is -0.0618. The first-order valence-electron chi connectivity index (χ1n) is 14.4. The number of hydrogen-bond donors (Lipinski definition) is 8. The van der Waals surface area contributed by atoms with Crippen LogP contribution in [0.5, 0.6) is 23.0 Å². The van der Waals surface area contributed by atoms with E-state index in [9.17, 15) is 45.6 Å². The van der Waals surface area contributed by atoms with Crippen molar-refractivity contribution in [1.82, 2.24) is 0 Å². The van der Waals surface area contributed by atoms with Gasteiger partial charge in [0.2, 0.25) is 6.29 Å². The number of phenolic OH excluding ortho intramolecular Hbond substituents is 1. The Kier molecular flexibility index (Phi) is 9.86. The number of ether oxygens (including phenoxy) is 6. The summed E-state index contributed by atoms with van der Waals surface area (Å²) in [6, 6.07) is 6.97. The summed E-state index contributed by atoms with van der Waals surface area (Å²) < 4.78 is 33.8. The highest BCUT2D eigenvalue weighted by molar-refractivity contribution is 6.03. The van der Waals surface area contributed by atoms with Crippen LogP contribution in [0.3, 0.4) is 0 Å². The molecule has 2 aromatic rings. The number of hydrogen-bond acceptors (Lipinski definition) is 15. The number of aliphatic hydroxyl groups excluding tert-OH is 7. The molecule has 248 valence electrons. The number of ketones is 1. The Bertz CT molecular complexity index is 1360. The van der Waals surface area contributed by atoms with Gasteiger partial charge in [-0.1, -0.05) is 12.1 Å². The van der Waals surface area contributed by atoms with Crippen molar-refractivity contribution in [3.05, 3.63) is 46.5 Å². The van der Waals surface area contributed by atoms with Crippen molar-refractivity contribution >= 4 is 5.78 Å². The highest BCUT2D eigenvalue weighted by Crippen LogP contribution is 2.48. The number of fused-ring (bicyclic) bond motifs is 1. The van der Waals surface area contributed by atoms with E-state index < -0.39 is 86.5 Å². The fraction of sp³-hybridized carbons (Fsp3) is 0.567. The van der Waals surface area contributed by atoms with E-state index in [1.54, 1.807) is 31.2 Å². The first kappa shape index (κ1) is 33.3. The molecule has 11 atom stereocenters. The van der Waals surface area contributed by atoms with Crippen molar-refractivity contribution in [3.8, 4) is 23.0 Å². The van der Waals surface area contributed by atoms with Gasteiger partial charge in [-0.2, -0.15) is 0 Å². The molecule has 3 aliphatic heterocycles. The van der Waals surface area contributed by atoms with Gasteiger partial charge in [0, 0.05) is 11.1 Å². The Balaban J connectivity index is 1.36. The minimum atomic E-state index is -1.80. The smallest absolute Gasteiger partial charge is 0.229 e. The number of methoxy groups -OCH3 is 1. The average molecular weight is 639 g/mol. The number of aromatic hydroxyl groups is 1. The van der Waals surface area contributed by atoms with Gasteiger partial charge in [-0.3, -0.25) is 4.79 Å². The highest BCUT2D eigenvalue weighted by Gasteiger charge is 2.48. The summed E-state index contributed by atoms with van der Waals surface area (Å²) in [7, 11) is 1.53. The van der Waals surface area contributed by atoms with Crippen LogP contribution >= 0.6 is 0 Å². The van der Waals surface area contributed by atoms with E-state index in [1.807, 2.05) is 0 Å². The number of Topliss-reactive ketones (excluding diaryl/α,β-unsaturated/α-hetero) is 1.